The zero-order valence-corrected chi connectivity index (χ0v) is 19.4. The molecule has 1 atom stereocenters. The number of carbonyl (C=O) groups is 1. The van der Waals surface area contributed by atoms with Gasteiger partial charge in [-0.25, -0.2) is 4.39 Å². The van der Waals surface area contributed by atoms with Crippen LogP contribution in [0.5, 0.6) is 0 Å². The molecule has 1 N–H and O–H groups in total. The third-order valence-corrected chi connectivity index (χ3v) is 6.49. The number of hydrogen-bond acceptors (Lipinski definition) is 4. The molecule has 5 nitrogen and oxygen atoms in total. The first-order valence-electron chi connectivity index (χ1n) is 11.6. The molecule has 0 aromatic heterocycles. The lowest BCUT2D eigenvalue weighted by atomic mass is 9.91. The zero-order chi connectivity index (χ0) is 22.9. The number of β-amino-alcohol motifs (C(OH)–C–C–N with tert-alkyl or cyclic N) is 1. The van der Waals surface area contributed by atoms with Crippen LogP contribution in [0.2, 0.25) is 0 Å². The number of carbonyl (C=O) groups excluding carboxylic acids is 1. The third kappa shape index (κ3) is 4.81. The monoisotopic (exact) mass is 439 g/mol. The second-order valence-electron chi connectivity index (χ2n) is 9.95. The van der Waals surface area contributed by atoms with E-state index in [1.807, 2.05) is 49.9 Å². The summed E-state index contributed by atoms with van der Waals surface area (Å²) in [5, 5.41) is 10.9. The summed E-state index contributed by atoms with van der Waals surface area (Å²) in [5.41, 5.74) is 3.24. The van der Waals surface area contributed by atoms with Gasteiger partial charge in [0.1, 0.15) is 5.82 Å². The van der Waals surface area contributed by atoms with Crippen molar-refractivity contribution in [3.8, 4) is 0 Å². The van der Waals surface area contributed by atoms with E-state index in [-0.39, 0.29) is 11.7 Å². The fourth-order valence-corrected chi connectivity index (χ4v) is 4.67. The maximum atomic E-state index is 14.1. The first-order valence-corrected chi connectivity index (χ1v) is 11.6. The van der Waals surface area contributed by atoms with Gasteiger partial charge in [-0.2, -0.15) is 0 Å². The molecule has 0 unspecified atom stereocenters. The number of fused-ring (bicyclic) bond motifs is 1. The summed E-state index contributed by atoms with van der Waals surface area (Å²) in [7, 11) is 0. The van der Waals surface area contributed by atoms with Gasteiger partial charge in [0, 0.05) is 50.4 Å². The first-order chi connectivity index (χ1) is 15.2. The number of hydrogen-bond donors (Lipinski definition) is 1. The summed E-state index contributed by atoms with van der Waals surface area (Å²) < 4.78 is 14.1. The molecule has 1 fully saturated rings. The Hall–Kier alpha value is -2.44. The second kappa shape index (κ2) is 9.20. The molecule has 172 valence electrons. The highest BCUT2D eigenvalue weighted by Crippen LogP contribution is 2.33. The van der Waals surface area contributed by atoms with Crippen LogP contribution in [0.4, 0.5) is 15.8 Å². The largest absolute Gasteiger partial charge is 0.387 e. The van der Waals surface area contributed by atoms with Gasteiger partial charge < -0.3 is 14.9 Å². The molecule has 4 rings (SSSR count). The SMILES string of the molecule is CC(C)(C)C(=O)N1CCCc2cc([C@@H](O)CN3CCN(c4ccccc4F)CC3)ccc21. The molecule has 32 heavy (non-hydrogen) atoms. The number of halogens is 1. The number of nitrogens with zero attached hydrogens (tertiary/aromatic N) is 3. The molecule has 2 aromatic rings. The Morgan fingerprint density at radius 1 is 1.03 bits per heavy atom. The van der Waals surface area contributed by atoms with Crippen molar-refractivity contribution in [2.45, 2.75) is 39.7 Å². The minimum atomic E-state index is -0.589. The highest BCUT2D eigenvalue weighted by atomic mass is 19.1. The lowest BCUT2D eigenvalue weighted by Gasteiger charge is -2.37. The van der Waals surface area contributed by atoms with Crippen molar-refractivity contribution in [2.24, 2.45) is 5.41 Å². The topological polar surface area (TPSA) is 47.0 Å². The third-order valence-electron chi connectivity index (χ3n) is 6.49. The maximum absolute atomic E-state index is 14.1. The van der Waals surface area contributed by atoms with E-state index >= 15 is 0 Å². The molecule has 2 aliphatic heterocycles. The van der Waals surface area contributed by atoms with E-state index in [9.17, 15) is 14.3 Å². The van der Waals surface area contributed by atoms with Crippen molar-refractivity contribution in [2.75, 3.05) is 49.1 Å². The van der Waals surface area contributed by atoms with Crippen LogP contribution in [0.3, 0.4) is 0 Å². The molecule has 0 spiro atoms. The smallest absolute Gasteiger partial charge is 0.232 e. The molecule has 0 aliphatic carbocycles. The van der Waals surface area contributed by atoms with Crippen molar-refractivity contribution in [3.63, 3.8) is 0 Å². The first kappa shape index (κ1) is 22.7. The van der Waals surface area contributed by atoms with Crippen LogP contribution in [-0.2, 0) is 11.2 Å². The number of aliphatic hydroxyl groups excluding tert-OH is 1. The predicted molar refractivity (Wildman–Crippen MR) is 127 cm³/mol. The molecule has 1 amide bonds. The van der Waals surface area contributed by atoms with Crippen molar-refractivity contribution in [3.05, 3.63) is 59.4 Å². The molecule has 2 aliphatic rings. The molecule has 0 bridgehead atoms. The highest BCUT2D eigenvalue weighted by Gasteiger charge is 2.31. The summed E-state index contributed by atoms with van der Waals surface area (Å²) in [5.74, 6) is -0.0477. The van der Waals surface area contributed by atoms with Crippen molar-refractivity contribution in [1.29, 1.82) is 0 Å². The van der Waals surface area contributed by atoms with Crippen molar-refractivity contribution >= 4 is 17.3 Å². The minimum Gasteiger partial charge on any atom is -0.387 e. The van der Waals surface area contributed by atoms with Crippen LogP contribution >= 0.6 is 0 Å². The quantitative estimate of drug-likeness (QED) is 0.782. The van der Waals surface area contributed by atoms with Gasteiger partial charge in [-0.05, 0) is 42.2 Å². The van der Waals surface area contributed by atoms with Crippen molar-refractivity contribution in [1.82, 2.24) is 4.90 Å². The van der Waals surface area contributed by atoms with E-state index in [1.165, 1.54) is 6.07 Å². The van der Waals surface area contributed by atoms with Crippen LogP contribution < -0.4 is 9.80 Å². The maximum Gasteiger partial charge on any atom is 0.232 e. The molecule has 0 radical (unpaired) electrons. The van der Waals surface area contributed by atoms with E-state index in [4.69, 9.17) is 0 Å². The summed E-state index contributed by atoms with van der Waals surface area (Å²) in [4.78, 5) is 19.1. The van der Waals surface area contributed by atoms with Gasteiger partial charge in [0.25, 0.3) is 0 Å². The number of aliphatic hydroxyl groups is 1. The fourth-order valence-electron chi connectivity index (χ4n) is 4.67. The van der Waals surface area contributed by atoms with Crippen LogP contribution in [0, 0.1) is 11.2 Å². The molecule has 6 heteroatoms. The Kier molecular flexibility index (Phi) is 6.54. The Balaban J connectivity index is 1.39. The Morgan fingerprint density at radius 3 is 2.44 bits per heavy atom. The van der Waals surface area contributed by atoms with Crippen LogP contribution in [0.15, 0.2) is 42.5 Å². The number of piperazine rings is 1. The van der Waals surface area contributed by atoms with Crippen molar-refractivity contribution < 1.29 is 14.3 Å². The molecular weight excluding hydrogens is 405 g/mol. The zero-order valence-electron chi connectivity index (χ0n) is 19.4. The van der Waals surface area contributed by atoms with Gasteiger partial charge in [-0.3, -0.25) is 9.69 Å². The summed E-state index contributed by atoms with van der Waals surface area (Å²) in [6.45, 7) is 10.2. The molecular formula is C26H34FN3O2. The van der Waals surface area contributed by atoms with E-state index < -0.39 is 11.5 Å². The predicted octanol–water partition coefficient (Wildman–Crippen LogP) is 4.01. The lowest BCUT2D eigenvalue weighted by molar-refractivity contribution is -0.125. The summed E-state index contributed by atoms with van der Waals surface area (Å²) in [6.07, 6.45) is 1.27. The van der Waals surface area contributed by atoms with Gasteiger partial charge in [0.05, 0.1) is 11.8 Å². The normalized spacial score (nSPS) is 18.4. The van der Waals surface area contributed by atoms with E-state index in [1.54, 1.807) is 6.07 Å². The second-order valence-corrected chi connectivity index (χ2v) is 9.95. The lowest BCUT2D eigenvalue weighted by Crippen LogP contribution is -2.47. The standard InChI is InChI=1S/C26H34FN3O2/c1-26(2,3)25(32)30-12-6-7-19-17-20(10-11-22(19)30)24(31)18-28-13-15-29(16-14-28)23-9-5-4-8-21(23)27/h4-5,8-11,17,24,31H,6-7,12-16,18H2,1-3H3/t24-/m0/s1. The average Bonchev–Trinajstić information content (AvgIpc) is 2.78. The number of rotatable bonds is 4. The average molecular weight is 440 g/mol. The van der Waals surface area contributed by atoms with Gasteiger partial charge in [0.2, 0.25) is 5.91 Å². The van der Waals surface area contributed by atoms with E-state index in [0.717, 1.165) is 62.4 Å². The molecule has 2 aromatic carbocycles. The number of benzene rings is 2. The van der Waals surface area contributed by atoms with Gasteiger partial charge >= 0.3 is 0 Å². The fraction of sp³-hybridized carbons (Fsp3) is 0.500. The van der Waals surface area contributed by atoms with Gasteiger partial charge in [-0.15, -0.1) is 0 Å². The summed E-state index contributed by atoms with van der Waals surface area (Å²) >= 11 is 0. The van der Waals surface area contributed by atoms with Gasteiger partial charge in [-0.1, -0.05) is 45.0 Å². The molecule has 1 saturated heterocycles. The van der Waals surface area contributed by atoms with E-state index in [2.05, 4.69) is 15.9 Å². The number of para-hydroxylation sites is 1. The number of aryl methyl sites for hydroxylation is 1. The summed E-state index contributed by atoms with van der Waals surface area (Å²) in [6, 6.07) is 12.9. The van der Waals surface area contributed by atoms with Gasteiger partial charge in [0.15, 0.2) is 0 Å². The Bertz CT molecular complexity index is 964. The number of anilines is 2. The highest BCUT2D eigenvalue weighted by molar-refractivity contribution is 5.98. The Labute approximate surface area is 190 Å². The Morgan fingerprint density at radius 2 is 1.75 bits per heavy atom. The molecule has 0 saturated carbocycles. The number of amides is 1. The van der Waals surface area contributed by atoms with Crippen LogP contribution in [-0.4, -0.2) is 55.2 Å². The van der Waals surface area contributed by atoms with E-state index in [0.29, 0.717) is 12.2 Å². The molecule has 2 heterocycles. The minimum absolute atomic E-state index is 0.138. The van der Waals surface area contributed by atoms with Crippen LogP contribution in [0.25, 0.3) is 0 Å². The van der Waals surface area contributed by atoms with Crippen LogP contribution in [0.1, 0.15) is 44.4 Å².